The summed E-state index contributed by atoms with van der Waals surface area (Å²) in [5.41, 5.74) is -3.33. The van der Waals surface area contributed by atoms with Crippen molar-refractivity contribution in [3.05, 3.63) is 80.1 Å². The number of nitrogens with zero attached hydrogens (tertiary/aromatic N) is 3. The quantitative estimate of drug-likeness (QED) is 0.559. The zero-order valence-electron chi connectivity index (χ0n) is 18.5. The number of amides is 1. The minimum atomic E-state index is -4.61. The second-order valence-corrected chi connectivity index (χ2v) is 7.03. The first-order chi connectivity index (χ1) is 16.1. The van der Waals surface area contributed by atoms with E-state index in [1.807, 2.05) is 0 Å². The molecule has 1 N–H and O–H groups in total. The standard InChI is InChI=1S/C22H21F3N4O5/c1-4-26-19(30)18-20(31)28(12-13-6-5-7-14(10-13)22(23,24)25)21(32)29(27-18)15-8-9-16(33-2)17(11-15)34-3/h5-11H,4,12H2,1-3H3,(H,26,30). The molecule has 9 nitrogen and oxygen atoms in total. The molecule has 12 heteroatoms. The molecule has 3 aromatic rings. The third-order valence-corrected chi connectivity index (χ3v) is 4.82. The van der Waals surface area contributed by atoms with Crippen LogP contribution in [0, 0.1) is 0 Å². The molecule has 0 aliphatic rings. The highest BCUT2D eigenvalue weighted by Crippen LogP contribution is 2.30. The normalized spacial score (nSPS) is 11.2. The summed E-state index contributed by atoms with van der Waals surface area (Å²) in [5.74, 6) is -0.219. The molecule has 180 valence electrons. The first-order valence-corrected chi connectivity index (χ1v) is 10.0. The number of carbonyl (C=O) groups excluding carboxylic acids is 1. The molecule has 0 unspecified atom stereocenters. The van der Waals surface area contributed by atoms with Crippen LogP contribution in [0.5, 0.6) is 11.5 Å². The molecule has 0 bridgehead atoms. The highest BCUT2D eigenvalue weighted by atomic mass is 19.4. The molecule has 34 heavy (non-hydrogen) atoms. The number of ether oxygens (including phenoxy) is 2. The van der Waals surface area contributed by atoms with Crippen molar-refractivity contribution >= 4 is 5.91 Å². The molecule has 0 aliphatic heterocycles. The second kappa shape index (κ2) is 9.81. The number of nitrogens with one attached hydrogen (secondary N) is 1. The summed E-state index contributed by atoms with van der Waals surface area (Å²) >= 11 is 0. The Balaban J connectivity index is 2.22. The molecule has 0 spiro atoms. The fourth-order valence-electron chi connectivity index (χ4n) is 3.19. The second-order valence-electron chi connectivity index (χ2n) is 7.03. The molecule has 1 heterocycles. The van der Waals surface area contributed by atoms with Crippen LogP contribution in [0.3, 0.4) is 0 Å². The third-order valence-electron chi connectivity index (χ3n) is 4.82. The summed E-state index contributed by atoms with van der Waals surface area (Å²) in [6.45, 7) is 1.30. The van der Waals surface area contributed by atoms with Crippen molar-refractivity contribution < 1.29 is 27.4 Å². The number of carbonyl (C=O) groups is 1. The first kappa shape index (κ1) is 24.6. The minimum Gasteiger partial charge on any atom is -0.493 e. The van der Waals surface area contributed by atoms with Gasteiger partial charge in [0.2, 0.25) is 5.69 Å². The highest BCUT2D eigenvalue weighted by molar-refractivity contribution is 5.91. The molecule has 1 aromatic heterocycles. The van der Waals surface area contributed by atoms with E-state index in [4.69, 9.17) is 9.47 Å². The summed E-state index contributed by atoms with van der Waals surface area (Å²) in [7, 11) is 2.80. The van der Waals surface area contributed by atoms with Crippen LogP contribution in [-0.2, 0) is 12.7 Å². The molecule has 3 rings (SSSR count). The van der Waals surface area contributed by atoms with E-state index in [2.05, 4.69) is 10.4 Å². The van der Waals surface area contributed by atoms with Crippen LogP contribution < -0.4 is 26.0 Å². The molecule has 0 aliphatic carbocycles. The first-order valence-electron chi connectivity index (χ1n) is 10.0. The van der Waals surface area contributed by atoms with Crippen molar-refractivity contribution in [1.82, 2.24) is 19.7 Å². The molecule has 0 saturated heterocycles. The maximum atomic E-state index is 13.2. The van der Waals surface area contributed by atoms with Gasteiger partial charge in [0, 0.05) is 12.6 Å². The average molecular weight is 478 g/mol. The lowest BCUT2D eigenvalue weighted by Crippen LogP contribution is -2.46. The van der Waals surface area contributed by atoms with E-state index in [0.29, 0.717) is 10.3 Å². The zero-order valence-corrected chi connectivity index (χ0v) is 18.5. The Morgan fingerprint density at radius 2 is 1.76 bits per heavy atom. The van der Waals surface area contributed by atoms with Gasteiger partial charge in [-0.1, -0.05) is 12.1 Å². The lowest BCUT2D eigenvalue weighted by molar-refractivity contribution is -0.137. The van der Waals surface area contributed by atoms with E-state index in [1.165, 1.54) is 44.6 Å². The Morgan fingerprint density at radius 3 is 2.38 bits per heavy atom. The van der Waals surface area contributed by atoms with Crippen LogP contribution in [0.25, 0.3) is 5.69 Å². The predicted molar refractivity (Wildman–Crippen MR) is 116 cm³/mol. The maximum Gasteiger partial charge on any atom is 0.416 e. The fourth-order valence-corrected chi connectivity index (χ4v) is 3.19. The molecule has 0 saturated carbocycles. The topological polar surface area (TPSA) is 104 Å². The number of methoxy groups -OCH3 is 2. The molecule has 0 radical (unpaired) electrons. The van der Waals surface area contributed by atoms with E-state index in [9.17, 15) is 27.6 Å². The van der Waals surface area contributed by atoms with Crippen molar-refractivity contribution in [2.75, 3.05) is 20.8 Å². The molecular formula is C22H21F3N4O5. The number of alkyl halides is 3. The van der Waals surface area contributed by atoms with Crippen LogP contribution in [0.1, 0.15) is 28.5 Å². The highest BCUT2D eigenvalue weighted by Gasteiger charge is 2.30. The Labute approximate surface area is 191 Å². The van der Waals surface area contributed by atoms with Gasteiger partial charge in [0.05, 0.1) is 32.0 Å². The lowest BCUT2D eigenvalue weighted by Gasteiger charge is -2.14. The number of benzene rings is 2. The van der Waals surface area contributed by atoms with Crippen LogP contribution in [0.4, 0.5) is 13.2 Å². The molecule has 2 aromatic carbocycles. The van der Waals surface area contributed by atoms with Crippen molar-refractivity contribution in [2.45, 2.75) is 19.6 Å². The van der Waals surface area contributed by atoms with Gasteiger partial charge in [0.25, 0.3) is 11.5 Å². The number of hydrogen-bond donors (Lipinski definition) is 1. The van der Waals surface area contributed by atoms with E-state index >= 15 is 0 Å². The summed E-state index contributed by atoms with van der Waals surface area (Å²) in [6, 6.07) is 8.58. The van der Waals surface area contributed by atoms with Gasteiger partial charge in [0.15, 0.2) is 11.5 Å². The Morgan fingerprint density at radius 1 is 1.06 bits per heavy atom. The van der Waals surface area contributed by atoms with Gasteiger partial charge in [-0.2, -0.15) is 23.0 Å². The Hall–Kier alpha value is -4.09. The van der Waals surface area contributed by atoms with Crippen molar-refractivity contribution in [2.24, 2.45) is 0 Å². The molecule has 0 atom stereocenters. The van der Waals surface area contributed by atoms with Crippen LogP contribution in [0.2, 0.25) is 0 Å². The molecular weight excluding hydrogens is 457 g/mol. The van der Waals surface area contributed by atoms with Gasteiger partial charge >= 0.3 is 11.9 Å². The van der Waals surface area contributed by atoms with E-state index in [1.54, 1.807) is 6.92 Å². The van der Waals surface area contributed by atoms with Gasteiger partial charge in [0.1, 0.15) is 0 Å². The summed E-state index contributed by atoms with van der Waals surface area (Å²) in [4.78, 5) is 38.6. The average Bonchev–Trinajstić information content (AvgIpc) is 2.81. The van der Waals surface area contributed by atoms with Gasteiger partial charge < -0.3 is 14.8 Å². The van der Waals surface area contributed by atoms with Crippen molar-refractivity contribution in [3.8, 4) is 17.2 Å². The Bertz CT molecular complexity index is 1330. The van der Waals surface area contributed by atoms with E-state index in [-0.39, 0.29) is 23.5 Å². The van der Waals surface area contributed by atoms with Gasteiger partial charge in [-0.3, -0.25) is 14.2 Å². The smallest absolute Gasteiger partial charge is 0.416 e. The van der Waals surface area contributed by atoms with Gasteiger partial charge in [-0.05, 0) is 36.8 Å². The maximum absolute atomic E-state index is 13.2. The largest absolute Gasteiger partial charge is 0.493 e. The number of halogens is 3. The number of hydrogen-bond acceptors (Lipinski definition) is 6. The fraction of sp³-hybridized carbons (Fsp3) is 0.273. The SMILES string of the molecule is CCNC(=O)c1nn(-c2ccc(OC)c(OC)c2)c(=O)n(Cc2cccc(C(F)(F)F)c2)c1=O. The molecule has 1 amide bonds. The lowest BCUT2D eigenvalue weighted by atomic mass is 10.1. The summed E-state index contributed by atoms with van der Waals surface area (Å²) in [6.07, 6.45) is -4.61. The van der Waals surface area contributed by atoms with Crippen molar-refractivity contribution in [3.63, 3.8) is 0 Å². The van der Waals surface area contributed by atoms with E-state index in [0.717, 1.165) is 16.8 Å². The zero-order chi connectivity index (χ0) is 25.0. The van der Waals surface area contributed by atoms with Crippen molar-refractivity contribution in [1.29, 1.82) is 0 Å². The van der Waals surface area contributed by atoms with Crippen LogP contribution in [-0.4, -0.2) is 41.0 Å². The van der Waals surface area contributed by atoms with Crippen LogP contribution in [0.15, 0.2) is 52.1 Å². The predicted octanol–water partition coefficient (Wildman–Crippen LogP) is 2.23. The Kier molecular flexibility index (Phi) is 7.08. The third kappa shape index (κ3) is 4.95. The number of rotatable bonds is 7. The number of aromatic nitrogens is 3. The van der Waals surface area contributed by atoms with Gasteiger partial charge in [-0.15, -0.1) is 0 Å². The summed E-state index contributed by atoms with van der Waals surface area (Å²) < 4.78 is 51.2. The van der Waals surface area contributed by atoms with Crippen LogP contribution >= 0.6 is 0 Å². The minimum absolute atomic E-state index is 0.0425. The van der Waals surface area contributed by atoms with Gasteiger partial charge in [-0.25, -0.2) is 4.79 Å². The molecule has 0 fully saturated rings. The monoisotopic (exact) mass is 478 g/mol. The van der Waals surface area contributed by atoms with E-state index < -0.39 is 41.1 Å². The summed E-state index contributed by atoms with van der Waals surface area (Å²) in [5, 5.41) is 6.37.